The molecule has 1 atom stereocenters. The molecule has 3 aromatic carbocycles. The van der Waals surface area contributed by atoms with Crippen LogP contribution in [-0.2, 0) is 29.8 Å². The Morgan fingerprint density at radius 2 is 1.40 bits per heavy atom. The van der Waals surface area contributed by atoms with Gasteiger partial charge in [-0.3, -0.25) is 0 Å². The molecule has 212 valence electrons. The highest BCUT2D eigenvalue weighted by atomic mass is 31.2. The van der Waals surface area contributed by atoms with E-state index in [0.29, 0.717) is 5.56 Å². The van der Waals surface area contributed by atoms with Crippen molar-refractivity contribution < 1.29 is 37.8 Å². The molecule has 0 fully saturated rings. The summed E-state index contributed by atoms with van der Waals surface area (Å²) in [6.45, 7) is 0.0718. The number of benzene rings is 3. The van der Waals surface area contributed by atoms with E-state index in [-0.39, 0.29) is 24.7 Å². The highest BCUT2D eigenvalue weighted by molar-refractivity contribution is 7.48. The number of carboxylic acids is 1. The summed E-state index contributed by atoms with van der Waals surface area (Å²) >= 11 is 0. The second-order valence-corrected chi connectivity index (χ2v) is 10.9. The summed E-state index contributed by atoms with van der Waals surface area (Å²) in [5.41, 5.74) is 4.91. The topological polar surface area (TPSA) is 127 Å². The molecule has 0 saturated carbocycles. The minimum atomic E-state index is -4.00. The molecule has 3 aromatic rings. The van der Waals surface area contributed by atoms with Gasteiger partial charge in [-0.1, -0.05) is 60.7 Å². The molecule has 0 heterocycles. The van der Waals surface area contributed by atoms with E-state index in [2.05, 4.69) is 5.32 Å². The maximum absolute atomic E-state index is 12.9. The Bertz CT molecular complexity index is 1340. The monoisotopic (exact) mass is 569 g/mol. The zero-order valence-corrected chi connectivity index (χ0v) is 23.5. The van der Waals surface area contributed by atoms with Crippen molar-refractivity contribution >= 4 is 19.9 Å². The first kappa shape index (κ1) is 29.3. The Balaban J connectivity index is 1.37. The average molecular weight is 570 g/mol. The van der Waals surface area contributed by atoms with Crippen molar-refractivity contribution in [3.05, 3.63) is 89.5 Å². The van der Waals surface area contributed by atoms with E-state index < -0.39 is 25.9 Å². The van der Waals surface area contributed by atoms with Gasteiger partial charge in [0.15, 0.2) is 0 Å². The van der Waals surface area contributed by atoms with Gasteiger partial charge in [-0.2, -0.15) is 19.4 Å². The number of nitrogens with zero attached hydrogens (tertiary/aromatic N) is 2. The van der Waals surface area contributed by atoms with Crippen molar-refractivity contribution in [1.82, 2.24) is 15.4 Å². The van der Waals surface area contributed by atoms with Gasteiger partial charge >= 0.3 is 19.9 Å². The molecule has 1 aliphatic rings. The summed E-state index contributed by atoms with van der Waals surface area (Å²) in [7, 11) is 2.14. The number of carbonyl (C=O) groups excluding carboxylic acids is 1. The van der Waals surface area contributed by atoms with Crippen LogP contribution < -0.4 is 9.84 Å². The lowest BCUT2D eigenvalue weighted by Gasteiger charge is -2.23. The number of rotatable bonds is 12. The summed E-state index contributed by atoms with van der Waals surface area (Å²) in [5.74, 6) is -1.16. The van der Waals surface area contributed by atoms with Gasteiger partial charge in [0.2, 0.25) is 0 Å². The Labute approximate surface area is 232 Å². The van der Waals surface area contributed by atoms with Crippen LogP contribution in [-0.4, -0.2) is 68.1 Å². The number of ether oxygens (including phenoxy) is 1. The number of nitrogens with one attached hydrogen (secondary N) is 1. The second kappa shape index (κ2) is 12.6. The molecule has 0 radical (unpaired) electrons. The molecule has 11 nitrogen and oxygen atoms in total. The van der Waals surface area contributed by atoms with Crippen molar-refractivity contribution in [1.29, 1.82) is 0 Å². The molecule has 0 aliphatic heterocycles. The largest absolute Gasteiger partial charge is 0.564 e. The molecule has 1 amide bonds. The third-order valence-electron chi connectivity index (χ3n) is 6.04. The van der Waals surface area contributed by atoms with E-state index in [9.17, 15) is 19.3 Å². The average Bonchev–Trinajstić information content (AvgIpc) is 3.20. The molecule has 12 heteroatoms. The van der Waals surface area contributed by atoms with Crippen LogP contribution in [0.2, 0.25) is 0 Å². The number of phosphoric acid groups is 1. The predicted molar refractivity (Wildman–Crippen MR) is 148 cm³/mol. The van der Waals surface area contributed by atoms with Crippen LogP contribution in [0.15, 0.2) is 72.8 Å². The van der Waals surface area contributed by atoms with Crippen molar-refractivity contribution in [3.63, 3.8) is 0 Å². The molecule has 1 aliphatic carbocycles. The Kier molecular flexibility index (Phi) is 9.24. The number of carbonyl (C=O) groups is 2. The maximum Gasteiger partial charge on any atom is 0.564 e. The number of amides is 1. The summed E-state index contributed by atoms with van der Waals surface area (Å²) in [6, 6.07) is 20.9. The van der Waals surface area contributed by atoms with Gasteiger partial charge in [-0.15, -0.1) is 0 Å². The first-order valence-electron chi connectivity index (χ1n) is 12.5. The maximum atomic E-state index is 12.9. The zero-order chi connectivity index (χ0) is 28.9. The van der Waals surface area contributed by atoms with Crippen LogP contribution in [0.25, 0.3) is 11.1 Å². The van der Waals surface area contributed by atoms with E-state index in [1.165, 1.54) is 50.4 Å². The lowest BCUT2D eigenvalue weighted by atomic mass is 9.98. The number of hydrogen-bond donors (Lipinski definition) is 2. The first-order valence-corrected chi connectivity index (χ1v) is 14.0. The Hall–Kier alpha value is -3.73. The van der Waals surface area contributed by atoms with Crippen molar-refractivity contribution in [2.45, 2.75) is 18.4 Å². The molecule has 1 unspecified atom stereocenters. The van der Waals surface area contributed by atoms with Gasteiger partial charge < -0.3 is 19.7 Å². The van der Waals surface area contributed by atoms with Gasteiger partial charge in [0.25, 0.3) is 0 Å². The van der Waals surface area contributed by atoms with E-state index >= 15 is 0 Å². The summed E-state index contributed by atoms with van der Waals surface area (Å²) in [5, 5.41) is 14.6. The molecule has 0 saturated heterocycles. The van der Waals surface area contributed by atoms with Gasteiger partial charge in [-0.25, -0.2) is 14.2 Å². The third kappa shape index (κ3) is 7.26. The standard InChI is InChI=1S/C28H32N3O8P/c1-30(2)38-40(35,39-31(3)4)37-20-15-13-19(14-16-20)17-26(27(32)33)29-28(34)36-18-25-23-11-7-5-9-21(23)22-10-6-8-12-24(22)25/h5-16,25-26H,17-18H2,1-4H3,(H,29,34)(H,32,33). The quantitative estimate of drug-likeness (QED) is 0.234. The minimum Gasteiger partial charge on any atom is -0.480 e. The molecule has 0 bridgehead atoms. The van der Waals surface area contributed by atoms with Crippen LogP contribution in [0.1, 0.15) is 22.6 Å². The summed E-state index contributed by atoms with van der Waals surface area (Å²) in [4.78, 5) is 24.5. The second-order valence-electron chi connectivity index (χ2n) is 9.54. The fourth-order valence-electron chi connectivity index (χ4n) is 4.48. The van der Waals surface area contributed by atoms with Gasteiger partial charge in [-0.05, 0) is 39.9 Å². The normalized spacial score (nSPS) is 13.6. The van der Waals surface area contributed by atoms with Crippen LogP contribution in [0.4, 0.5) is 4.79 Å². The van der Waals surface area contributed by atoms with Gasteiger partial charge in [0, 0.05) is 40.5 Å². The van der Waals surface area contributed by atoms with Crippen molar-refractivity contribution in [2.75, 3.05) is 34.8 Å². The molecule has 2 N–H and O–H groups in total. The van der Waals surface area contributed by atoms with E-state index in [0.717, 1.165) is 22.3 Å². The highest BCUT2D eigenvalue weighted by Crippen LogP contribution is 2.50. The number of hydrogen-bond acceptors (Lipinski definition) is 9. The Morgan fingerprint density at radius 3 is 1.90 bits per heavy atom. The fraction of sp³-hybridized carbons (Fsp3) is 0.286. The van der Waals surface area contributed by atoms with Crippen molar-refractivity contribution in [2.24, 2.45) is 0 Å². The molecule has 4 rings (SSSR count). The van der Waals surface area contributed by atoms with Crippen LogP contribution in [0.3, 0.4) is 0 Å². The zero-order valence-electron chi connectivity index (χ0n) is 22.6. The third-order valence-corrected chi connectivity index (χ3v) is 7.53. The van der Waals surface area contributed by atoms with Crippen LogP contribution in [0.5, 0.6) is 5.75 Å². The molecule has 0 spiro atoms. The van der Waals surface area contributed by atoms with Gasteiger partial charge in [0.05, 0.1) is 0 Å². The molecular formula is C28H32N3O8P. The van der Waals surface area contributed by atoms with Crippen LogP contribution in [0, 0.1) is 0 Å². The van der Waals surface area contributed by atoms with Crippen LogP contribution >= 0.6 is 7.82 Å². The SMILES string of the molecule is CN(C)OP(=O)(Oc1ccc(CC(NC(=O)OCC2c3ccccc3-c3ccccc32)C(=O)O)cc1)ON(C)C. The van der Waals surface area contributed by atoms with E-state index in [1.54, 1.807) is 12.1 Å². The molecule has 0 aromatic heterocycles. The Morgan fingerprint density at radius 1 is 0.875 bits per heavy atom. The van der Waals surface area contributed by atoms with E-state index in [4.69, 9.17) is 18.5 Å². The number of carboxylic acid groups (broad SMARTS) is 1. The minimum absolute atomic E-state index is 0.0140. The summed E-state index contributed by atoms with van der Waals surface area (Å²) in [6.07, 6.45) is -0.836. The lowest BCUT2D eigenvalue weighted by molar-refractivity contribution is -0.139. The lowest BCUT2D eigenvalue weighted by Crippen LogP contribution is -2.42. The first-order chi connectivity index (χ1) is 19.0. The smallest absolute Gasteiger partial charge is 0.480 e. The fourth-order valence-corrected chi connectivity index (χ4v) is 5.76. The van der Waals surface area contributed by atoms with Crippen molar-refractivity contribution in [3.8, 4) is 16.9 Å². The number of hydroxylamine groups is 4. The number of aliphatic carboxylic acids is 1. The van der Waals surface area contributed by atoms with Gasteiger partial charge in [0.1, 0.15) is 18.4 Å². The predicted octanol–water partition coefficient (Wildman–Crippen LogP) is 4.69. The summed E-state index contributed by atoms with van der Waals surface area (Å²) < 4.78 is 34.2. The molecule has 40 heavy (non-hydrogen) atoms. The van der Waals surface area contributed by atoms with E-state index in [1.807, 2.05) is 48.5 Å². The molecular weight excluding hydrogens is 537 g/mol. The number of fused-ring (bicyclic) bond motifs is 3. The number of alkyl carbamates (subject to hydrolysis) is 1. The highest BCUT2D eigenvalue weighted by Gasteiger charge is 2.33.